The summed E-state index contributed by atoms with van der Waals surface area (Å²) >= 11 is 0. The van der Waals surface area contributed by atoms with E-state index in [1.54, 1.807) is 0 Å². The molecule has 2 aliphatic rings. The number of rotatable bonds is 4. The molecular formula is C25H31N3O2. The zero-order valence-electron chi connectivity index (χ0n) is 17.8. The molecule has 2 fully saturated rings. The maximum Gasteiger partial charge on any atom is 0.324 e. The second-order valence-corrected chi connectivity index (χ2v) is 8.45. The highest BCUT2D eigenvalue weighted by molar-refractivity contribution is 5.98. The zero-order valence-corrected chi connectivity index (χ0v) is 17.8. The number of likely N-dealkylation sites (tertiary alicyclic amines) is 1. The first kappa shape index (κ1) is 20.5. The number of carbonyl (C=O) groups is 2. The van der Waals surface area contributed by atoms with E-state index in [2.05, 4.69) is 31.2 Å². The summed E-state index contributed by atoms with van der Waals surface area (Å²) in [7, 11) is 0. The van der Waals surface area contributed by atoms with Crippen molar-refractivity contribution in [1.29, 1.82) is 0 Å². The van der Waals surface area contributed by atoms with Gasteiger partial charge in [-0.3, -0.25) is 9.69 Å². The lowest BCUT2D eigenvalue weighted by Gasteiger charge is -2.36. The molecule has 5 heteroatoms. The van der Waals surface area contributed by atoms with Gasteiger partial charge in [-0.1, -0.05) is 48.7 Å². The van der Waals surface area contributed by atoms with Crippen LogP contribution in [0.3, 0.4) is 0 Å². The van der Waals surface area contributed by atoms with E-state index in [4.69, 9.17) is 0 Å². The van der Waals surface area contributed by atoms with E-state index in [9.17, 15) is 9.59 Å². The Balaban J connectivity index is 1.48. The number of aryl methyl sites for hydroxylation is 1. The zero-order chi connectivity index (χ0) is 20.9. The highest BCUT2D eigenvalue weighted by Gasteiger charge is 2.27. The van der Waals surface area contributed by atoms with E-state index in [0.717, 1.165) is 50.1 Å². The van der Waals surface area contributed by atoms with Gasteiger partial charge in [-0.25, -0.2) is 4.79 Å². The third-order valence-electron chi connectivity index (χ3n) is 6.10. The maximum absolute atomic E-state index is 13.2. The Hall–Kier alpha value is -2.82. The van der Waals surface area contributed by atoms with E-state index in [1.165, 1.54) is 18.4 Å². The van der Waals surface area contributed by atoms with Crippen molar-refractivity contribution in [3.63, 3.8) is 0 Å². The van der Waals surface area contributed by atoms with Gasteiger partial charge in [0.15, 0.2) is 0 Å². The van der Waals surface area contributed by atoms with Gasteiger partial charge >= 0.3 is 6.03 Å². The molecule has 3 amide bonds. The number of carbonyl (C=O) groups excluding carboxylic acids is 2. The third kappa shape index (κ3) is 4.66. The van der Waals surface area contributed by atoms with Crippen LogP contribution in [0.1, 0.15) is 53.6 Å². The SMILES string of the molecule is Cc1ccc(CN2CCCN(c3cccc(C(=O)N4CCCCCC4)c3)C2=O)cc1. The largest absolute Gasteiger partial charge is 0.339 e. The average molecular weight is 406 g/mol. The minimum atomic E-state index is 0.0150. The van der Waals surface area contributed by atoms with Crippen LogP contribution in [0.15, 0.2) is 48.5 Å². The van der Waals surface area contributed by atoms with Gasteiger partial charge in [-0.2, -0.15) is 0 Å². The normalized spacial score (nSPS) is 17.8. The van der Waals surface area contributed by atoms with Crippen LogP contribution in [0.25, 0.3) is 0 Å². The molecule has 2 aromatic carbocycles. The summed E-state index contributed by atoms with van der Waals surface area (Å²) in [4.78, 5) is 31.9. The molecule has 0 N–H and O–H groups in total. The molecular weight excluding hydrogens is 374 g/mol. The summed E-state index contributed by atoms with van der Waals surface area (Å²) in [5.41, 5.74) is 3.85. The predicted molar refractivity (Wildman–Crippen MR) is 120 cm³/mol. The highest BCUT2D eigenvalue weighted by Crippen LogP contribution is 2.24. The number of nitrogens with zero attached hydrogens (tertiary/aromatic N) is 3. The Bertz CT molecular complexity index is 886. The van der Waals surface area contributed by atoms with Crippen molar-refractivity contribution in [3.8, 4) is 0 Å². The fourth-order valence-corrected chi connectivity index (χ4v) is 4.34. The summed E-state index contributed by atoms with van der Waals surface area (Å²) in [5.74, 6) is 0.0831. The lowest BCUT2D eigenvalue weighted by molar-refractivity contribution is 0.0761. The van der Waals surface area contributed by atoms with Crippen LogP contribution in [-0.4, -0.2) is 47.9 Å². The van der Waals surface area contributed by atoms with Crippen LogP contribution in [0.4, 0.5) is 10.5 Å². The predicted octanol–water partition coefficient (Wildman–Crippen LogP) is 4.84. The Kier molecular flexibility index (Phi) is 6.36. The highest BCUT2D eigenvalue weighted by atomic mass is 16.2. The fourth-order valence-electron chi connectivity index (χ4n) is 4.34. The smallest absolute Gasteiger partial charge is 0.324 e. The van der Waals surface area contributed by atoms with Crippen LogP contribution in [-0.2, 0) is 6.54 Å². The molecule has 0 atom stereocenters. The molecule has 0 radical (unpaired) electrons. The first-order chi connectivity index (χ1) is 14.6. The summed E-state index contributed by atoms with van der Waals surface area (Å²) in [6.45, 7) is 5.78. The quantitative estimate of drug-likeness (QED) is 0.730. The van der Waals surface area contributed by atoms with E-state index in [-0.39, 0.29) is 11.9 Å². The average Bonchev–Trinajstić information content (AvgIpc) is 3.06. The van der Waals surface area contributed by atoms with Crippen LogP contribution in [0, 0.1) is 6.92 Å². The van der Waals surface area contributed by atoms with Gasteiger partial charge in [0.1, 0.15) is 0 Å². The first-order valence-corrected chi connectivity index (χ1v) is 11.1. The molecule has 5 nitrogen and oxygen atoms in total. The van der Waals surface area contributed by atoms with Crippen molar-refractivity contribution < 1.29 is 9.59 Å². The molecule has 2 aliphatic heterocycles. The van der Waals surface area contributed by atoms with Crippen LogP contribution in [0.2, 0.25) is 0 Å². The van der Waals surface area contributed by atoms with Gasteiger partial charge in [0.25, 0.3) is 5.91 Å². The second-order valence-electron chi connectivity index (χ2n) is 8.45. The minimum Gasteiger partial charge on any atom is -0.339 e. The number of hydrogen-bond acceptors (Lipinski definition) is 2. The van der Waals surface area contributed by atoms with Crippen molar-refractivity contribution in [2.75, 3.05) is 31.1 Å². The molecule has 0 bridgehead atoms. The van der Waals surface area contributed by atoms with Gasteiger partial charge in [0.2, 0.25) is 0 Å². The van der Waals surface area contributed by atoms with Gasteiger partial charge in [-0.05, 0) is 49.9 Å². The van der Waals surface area contributed by atoms with E-state index in [0.29, 0.717) is 18.7 Å². The maximum atomic E-state index is 13.2. The van der Waals surface area contributed by atoms with Gasteiger partial charge in [0, 0.05) is 44.0 Å². The molecule has 0 spiro atoms. The molecule has 30 heavy (non-hydrogen) atoms. The summed E-state index contributed by atoms with van der Waals surface area (Å²) in [6, 6.07) is 15.9. The van der Waals surface area contributed by atoms with E-state index < -0.39 is 0 Å². The molecule has 0 saturated carbocycles. The lowest BCUT2D eigenvalue weighted by atomic mass is 10.1. The van der Waals surface area contributed by atoms with Crippen LogP contribution < -0.4 is 4.90 Å². The van der Waals surface area contributed by atoms with Crippen molar-refractivity contribution >= 4 is 17.6 Å². The Morgan fingerprint density at radius 2 is 1.60 bits per heavy atom. The molecule has 4 rings (SSSR count). The van der Waals surface area contributed by atoms with Crippen LogP contribution in [0.5, 0.6) is 0 Å². The Morgan fingerprint density at radius 3 is 2.33 bits per heavy atom. The first-order valence-electron chi connectivity index (χ1n) is 11.1. The molecule has 158 valence electrons. The van der Waals surface area contributed by atoms with Gasteiger partial charge in [0.05, 0.1) is 0 Å². The van der Waals surface area contributed by atoms with Crippen LogP contribution >= 0.6 is 0 Å². The summed E-state index contributed by atoms with van der Waals surface area (Å²) < 4.78 is 0. The molecule has 2 saturated heterocycles. The molecule has 0 aliphatic carbocycles. The third-order valence-corrected chi connectivity index (χ3v) is 6.10. The number of hydrogen-bond donors (Lipinski definition) is 0. The van der Waals surface area contributed by atoms with E-state index >= 15 is 0 Å². The summed E-state index contributed by atoms with van der Waals surface area (Å²) in [5, 5.41) is 0. The second kappa shape index (κ2) is 9.33. The van der Waals surface area contributed by atoms with Crippen molar-refractivity contribution in [2.24, 2.45) is 0 Å². The minimum absolute atomic E-state index is 0.0150. The Labute approximate surface area is 179 Å². The Morgan fingerprint density at radius 1 is 0.867 bits per heavy atom. The van der Waals surface area contributed by atoms with Crippen molar-refractivity contribution in [1.82, 2.24) is 9.80 Å². The van der Waals surface area contributed by atoms with Crippen molar-refractivity contribution in [3.05, 3.63) is 65.2 Å². The molecule has 0 unspecified atom stereocenters. The van der Waals surface area contributed by atoms with Crippen molar-refractivity contribution in [2.45, 2.75) is 45.6 Å². The standard InChI is InChI=1S/C25H31N3O2/c1-20-10-12-21(13-11-20)19-27-16-7-17-28(25(27)30)23-9-6-8-22(18-23)24(29)26-14-4-2-3-5-15-26/h6,8-13,18H,2-5,7,14-17,19H2,1H3. The van der Waals surface area contributed by atoms with E-state index in [1.807, 2.05) is 39.0 Å². The molecule has 2 aromatic rings. The number of anilines is 1. The monoisotopic (exact) mass is 405 g/mol. The number of benzene rings is 2. The lowest BCUT2D eigenvalue weighted by Crippen LogP contribution is -2.49. The molecule has 2 heterocycles. The number of amides is 3. The van der Waals surface area contributed by atoms with Gasteiger partial charge in [-0.15, -0.1) is 0 Å². The number of urea groups is 1. The topological polar surface area (TPSA) is 43.9 Å². The van der Waals surface area contributed by atoms with Gasteiger partial charge < -0.3 is 9.80 Å². The fraction of sp³-hybridized carbons (Fsp3) is 0.440. The molecule has 0 aromatic heterocycles. The summed E-state index contributed by atoms with van der Waals surface area (Å²) in [6.07, 6.45) is 5.46.